The highest BCUT2D eigenvalue weighted by atomic mass is 35.5. The van der Waals surface area contributed by atoms with Crippen LogP contribution in [0.2, 0.25) is 0 Å². The van der Waals surface area contributed by atoms with Crippen molar-refractivity contribution in [3.63, 3.8) is 0 Å². The van der Waals surface area contributed by atoms with Gasteiger partial charge in [0.25, 0.3) is 0 Å². The predicted molar refractivity (Wildman–Crippen MR) is 73.2 cm³/mol. The second-order valence-electron chi connectivity index (χ2n) is 4.60. The molecule has 1 fully saturated rings. The number of nitrogens with zero attached hydrogens (tertiary/aromatic N) is 3. The third-order valence-electron chi connectivity index (χ3n) is 3.11. The van der Waals surface area contributed by atoms with E-state index in [4.69, 9.17) is 11.6 Å². The molecule has 19 heavy (non-hydrogen) atoms. The number of nitrogens with one attached hydrogen (secondary N) is 1. The van der Waals surface area contributed by atoms with E-state index in [0.717, 1.165) is 17.1 Å². The molecule has 6 heteroatoms. The lowest BCUT2D eigenvalue weighted by Crippen LogP contribution is -2.24. The first kappa shape index (κ1) is 12.2. The first-order chi connectivity index (χ1) is 9.13. The summed E-state index contributed by atoms with van der Waals surface area (Å²) in [6.45, 7) is 2.42. The Hall–Kier alpha value is -1.88. The van der Waals surface area contributed by atoms with E-state index < -0.39 is 0 Å². The second kappa shape index (κ2) is 4.66. The number of aryl methyl sites for hydroxylation is 1. The number of anilines is 1. The van der Waals surface area contributed by atoms with Crippen LogP contribution >= 0.6 is 11.6 Å². The van der Waals surface area contributed by atoms with Gasteiger partial charge in [-0.05, 0) is 31.2 Å². The smallest absolute Gasteiger partial charge is 0.228 e. The van der Waals surface area contributed by atoms with Crippen LogP contribution in [0.3, 0.4) is 0 Å². The molecule has 0 spiro atoms. The fourth-order valence-electron chi connectivity index (χ4n) is 2.18. The number of amides is 1. The number of aromatic amines is 1. The molecule has 5 nitrogen and oxygen atoms in total. The fourth-order valence-corrected chi connectivity index (χ4v) is 2.45. The number of carbonyl (C=O) groups excluding carboxylic acids is 1. The van der Waals surface area contributed by atoms with Gasteiger partial charge >= 0.3 is 0 Å². The first-order valence-corrected chi connectivity index (χ1v) is 6.51. The lowest BCUT2D eigenvalue weighted by molar-refractivity contribution is -0.117. The molecule has 1 saturated heterocycles. The molecule has 1 aromatic heterocycles. The monoisotopic (exact) mass is 276 g/mol. The Balaban J connectivity index is 1.85. The minimum Gasteiger partial charge on any atom is -0.311 e. The van der Waals surface area contributed by atoms with Gasteiger partial charge in [0.05, 0.1) is 5.38 Å². The van der Waals surface area contributed by atoms with Gasteiger partial charge in [-0.25, -0.2) is 4.98 Å². The van der Waals surface area contributed by atoms with Gasteiger partial charge in [-0.15, -0.1) is 11.6 Å². The summed E-state index contributed by atoms with van der Waals surface area (Å²) >= 11 is 5.99. The Morgan fingerprint density at radius 3 is 2.63 bits per heavy atom. The Bertz CT molecular complexity index is 607. The van der Waals surface area contributed by atoms with Crippen molar-refractivity contribution < 1.29 is 4.79 Å². The zero-order valence-corrected chi connectivity index (χ0v) is 11.2. The lowest BCUT2D eigenvalue weighted by atomic mass is 10.2. The zero-order valence-electron chi connectivity index (χ0n) is 10.4. The summed E-state index contributed by atoms with van der Waals surface area (Å²) in [5.41, 5.74) is 1.78. The molecule has 0 saturated carbocycles. The maximum Gasteiger partial charge on any atom is 0.228 e. The largest absolute Gasteiger partial charge is 0.311 e. The number of carbonyl (C=O) groups is 1. The van der Waals surface area contributed by atoms with Gasteiger partial charge in [0.1, 0.15) is 5.82 Å². The molecule has 0 radical (unpaired) electrons. The van der Waals surface area contributed by atoms with Gasteiger partial charge in [-0.1, -0.05) is 0 Å². The SMILES string of the molecule is Cc1nc(-c2ccc(N3CC(Cl)CC3=O)cc2)n[nH]1. The van der Waals surface area contributed by atoms with E-state index in [2.05, 4.69) is 15.2 Å². The summed E-state index contributed by atoms with van der Waals surface area (Å²) in [5.74, 6) is 1.51. The molecule has 1 aliphatic rings. The van der Waals surface area contributed by atoms with E-state index in [1.165, 1.54) is 0 Å². The van der Waals surface area contributed by atoms with Crippen molar-refractivity contribution in [3.8, 4) is 11.4 Å². The van der Waals surface area contributed by atoms with Crippen LogP contribution in [0.4, 0.5) is 5.69 Å². The zero-order chi connectivity index (χ0) is 13.4. The minimum absolute atomic E-state index is 0.0708. The maximum absolute atomic E-state index is 11.8. The van der Waals surface area contributed by atoms with E-state index in [1.807, 2.05) is 31.2 Å². The Morgan fingerprint density at radius 2 is 2.11 bits per heavy atom. The van der Waals surface area contributed by atoms with Gasteiger partial charge in [-0.2, -0.15) is 5.10 Å². The molecule has 1 atom stereocenters. The lowest BCUT2D eigenvalue weighted by Gasteiger charge is -2.15. The highest BCUT2D eigenvalue weighted by Crippen LogP contribution is 2.26. The van der Waals surface area contributed by atoms with Crippen LogP contribution in [-0.2, 0) is 4.79 Å². The number of rotatable bonds is 2. The van der Waals surface area contributed by atoms with Gasteiger partial charge in [0.15, 0.2) is 5.82 Å². The number of H-pyrrole nitrogens is 1. The molecule has 0 aliphatic carbocycles. The topological polar surface area (TPSA) is 61.9 Å². The second-order valence-corrected chi connectivity index (χ2v) is 5.21. The van der Waals surface area contributed by atoms with Crippen LogP contribution < -0.4 is 4.90 Å². The molecule has 1 N–H and O–H groups in total. The van der Waals surface area contributed by atoms with Crippen LogP contribution in [0.25, 0.3) is 11.4 Å². The highest BCUT2D eigenvalue weighted by molar-refractivity contribution is 6.24. The predicted octanol–water partition coefficient (Wildman–Crippen LogP) is 2.12. The minimum atomic E-state index is -0.0946. The summed E-state index contributed by atoms with van der Waals surface area (Å²) in [6, 6.07) is 7.61. The molecule has 2 heterocycles. The summed E-state index contributed by atoms with van der Waals surface area (Å²) in [4.78, 5) is 17.7. The van der Waals surface area contributed by atoms with Crippen molar-refractivity contribution in [1.29, 1.82) is 0 Å². The molecule has 1 amide bonds. The summed E-state index contributed by atoms with van der Waals surface area (Å²) in [5, 5.41) is 6.81. The van der Waals surface area contributed by atoms with Crippen molar-refractivity contribution >= 4 is 23.2 Å². The molecular formula is C13H13ClN4O. The van der Waals surface area contributed by atoms with Crippen LogP contribution in [0.15, 0.2) is 24.3 Å². The van der Waals surface area contributed by atoms with Crippen LogP contribution in [0.5, 0.6) is 0 Å². The molecular weight excluding hydrogens is 264 g/mol. The molecule has 1 unspecified atom stereocenters. The maximum atomic E-state index is 11.8. The van der Waals surface area contributed by atoms with Gasteiger partial charge in [-0.3, -0.25) is 9.89 Å². The molecule has 2 aromatic rings. The van der Waals surface area contributed by atoms with E-state index in [1.54, 1.807) is 4.90 Å². The normalized spacial score (nSPS) is 19.2. The van der Waals surface area contributed by atoms with Crippen LogP contribution in [0, 0.1) is 6.92 Å². The molecule has 1 aliphatic heterocycles. The number of alkyl halides is 1. The van der Waals surface area contributed by atoms with Crippen LogP contribution in [-0.4, -0.2) is 33.0 Å². The Kier molecular flexibility index (Phi) is 2.98. The Morgan fingerprint density at radius 1 is 1.37 bits per heavy atom. The van der Waals surface area contributed by atoms with Crippen molar-refractivity contribution in [1.82, 2.24) is 15.2 Å². The van der Waals surface area contributed by atoms with E-state index in [0.29, 0.717) is 18.8 Å². The fraction of sp³-hybridized carbons (Fsp3) is 0.308. The number of hydrogen-bond donors (Lipinski definition) is 1. The van der Waals surface area contributed by atoms with Crippen molar-refractivity contribution in [3.05, 3.63) is 30.1 Å². The van der Waals surface area contributed by atoms with E-state index >= 15 is 0 Å². The average Bonchev–Trinajstić information content (AvgIpc) is 2.96. The standard InChI is InChI=1S/C13H13ClN4O/c1-8-15-13(17-16-8)9-2-4-11(5-3-9)18-7-10(14)6-12(18)19/h2-5,10H,6-7H2,1H3,(H,15,16,17). The van der Waals surface area contributed by atoms with E-state index in [-0.39, 0.29) is 11.3 Å². The first-order valence-electron chi connectivity index (χ1n) is 6.07. The quantitative estimate of drug-likeness (QED) is 0.855. The van der Waals surface area contributed by atoms with Crippen LogP contribution in [0.1, 0.15) is 12.2 Å². The third kappa shape index (κ3) is 2.33. The molecule has 98 valence electrons. The molecule has 0 bridgehead atoms. The number of benzene rings is 1. The Labute approximate surface area is 115 Å². The van der Waals surface area contributed by atoms with Gasteiger partial charge in [0.2, 0.25) is 5.91 Å². The van der Waals surface area contributed by atoms with Crippen molar-refractivity contribution in [2.75, 3.05) is 11.4 Å². The third-order valence-corrected chi connectivity index (χ3v) is 3.40. The highest BCUT2D eigenvalue weighted by Gasteiger charge is 2.28. The number of halogens is 1. The van der Waals surface area contributed by atoms with Crippen molar-refractivity contribution in [2.45, 2.75) is 18.7 Å². The van der Waals surface area contributed by atoms with Gasteiger partial charge < -0.3 is 4.90 Å². The number of aromatic nitrogens is 3. The van der Waals surface area contributed by atoms with E-state index in [9.17, 15) is 4.79 Å². The summed E-state index contributed by atoms with van der Waals surface area (Å²) in [6.07, 6.45) is 0.406. The van der Waals surface area contributed by atoms with Crippen molar-refractivity contribution in [2.24, 2.45) is 0 Å². The van der Waals surface area contributed by atoms with Gasteiger partial charge in [0, 0.05) is 24.2 Å². The molecule has 3 rings (SSSR count). The average molecular weight is 277 g/mol. The molecule has 1 aromatic carbocycles. The number of hydrogen-bond acceptors (Lipinski definition) is 3. The summed E-state index contributed by atoms with van der Waals surface area (Å²) < 4.78 is 0. The summed E-state index contributed by atoms with van der Waals surface area (Å²) in [7, 11) is 0.